The van der Waals surface area contributed by atoms with Gasteiger partial charge in [0, 0.05) is 22.2 Å². The first-order chi connectivity index (χ1) is 9.39. The van der Waals surface area contributed by atoms with Crippen molar-refractivity contribution in [1.29, 1.82) is 0 Å². The van der Waals surface area contributed by atoms with Crippen molar-refractivity contribution < 1.29 is 14.6 Å². The molecule has 20 heavy (non-hydrogen) atoms. The minimum Gasteiger partial charge on any atom is -0.394 e. The molecule has 0 radical (unpaired) electrons. The molecule has 4 nitrogen and oxygen atoms in total. The first-order valence-electron chi connectivity index (χ1n) is 6.69. The average Bonchev–Trinajstić information content (AvgIpc) is 2.37. The molecule has 1 aromatic rings. The van der Waals surface area contributed by atoms with Gasteiger partial charge in [-0.15, -0.1) is 0 Å². The molecule has 2 rings (SSSR count). The van der Waals surface area contributed by atoms with Gasteiger partial charge in [0.25, 0.3) is 0 Å². The first kappa shape index (κ1) is 15.9. The van der Waals surface area contributed by atoms with Crippen LogP contribution >= 0.6 is 22.6 Å². The van der Waals surface area contributed by atoms with Gasteiger partial charge in [-0.25, -0.2) is 0 Å². The van der Waals surface area contributed by atoms with Crippen LogP contribution in [0.4, 0.5) is 0 Å². The summed E-state index contributed by atoms with van der Waals surface area (Å²) in [6.07, 6.45) is -0.219. The zero-order valence-corrected chi connectivity index (χ0v) is 14.0. The third-order valence-electron chi connectivity index (χ3n) is 3.29. The maximum atomic E-state index is 12.3. The molecule has 0 aromatic heterocycles. The highest BCUT2D eigenvalue weighted by Gasteiger charge is 2.33. The number of nitrogens with zero attached hydrogens (tertiary/aromatic N) is 1. The van der Waals surface area contributed by atoms with Crippen molar-refractivity contribution in [2.45, 2.75) is 25.6 Å². The summed E-state index contributed by atoms with van der Waals surface area (Å²) < 4.78 is 6.87. The zero-order chi connectivity index (χ0) is 14.8. The van der Waals surface area contributed by atoms with Crippen molar-refractivity contribution in [1.82, 2.24) is 4.90 Å². The van der Waals surface area contributed by atoms with Crippen LogP contribution < -0.4 is 0 Å². The Morgan fingerprint density at radius 3 is 2.70 bits per heavy atom. The van der Waals surface area contributed by atoms with Crippen molar-refractivity contribution in [2.75, 3.05) is 26.2 Å². The maximum absolute atomic E-state index is 12.3. The molecule has 1 atom stereocenters. The quantitative estimate of drug-likeness (QED) is 0.632. The number of carbonyl (C=O) groups excluding carboxylic acids is 1. The summed E-state index contributed by atoms with van der Waals surface area (Å²) in [6.45, 7) is 5.60. The van der Waals surface area contributed by atoms with Crippen LogP contribution in [0, 0.1) is 3.57 Å². The molecule has 1 heterocycles. The van der Waals surface area contributed by atoms with Gasteiger partial charge in [-0.3, -0.25) is 9.69 Å². The summed E-state index contributed by atoms with van der Waals surface area (Å²) in [5, 5.41) is 9.29. The number of aliphatic hydroxyl groups is 1. The van der Waals surface area contributed by atoms with Crippen LogP contribution in [0.15, 0.2) is 24.3 Å². The van der Waals surface area contributed by atoms with E-state index < -0.39 is 0 Å². The van der Waals surface area contributed by atoms with E-state index in [0.29, 0.717) is 19.6 Å². The van der Waals surface area contributed by atoms with Gasteiger partial charge in [-0.05, 0) is 48.6 Å². The van der Waals surface area contributed by atoms with E-state index in [1.54, 1.807) is 0 Å². The molecule has 0 aliphatic carbocycles. The third-order valence-corrected chi connectivity index (χ3v) is 4.01. The monoisotopic (exact) mass is 389 g/mol. The number of ketones is 1. The molecule has 0 spiro atoms. The van der Waals surface area contributed by atoms with Crippen molar-refractivity contribution in [3.05, 3.63) is 33.4 Å². The second-order valence-electron chi connectivity index (χ2n) is 5.78. The summed E-state index contributed by atoms with van der Waals surface area (Å²) >= 11 is 2.22. The molecule has 110 valence electrons. The topological polar surface area (TPSA) is 49.8 Å². The minimum atomic E-state index is -0.335. The number of Topliss-reactive ketones (excluding diaryl/α,β-unsaturated/α-hetero) is 1. The number of hydrogen-bond donors (Lipinski definition) is 1. The smallest absolute Gasteiger partial charge is 0.176 e. The van der Waals surface area contributed by atoms with E-state index in [2.05, 4.69) is 27.5 Å². The second-order valence-corrected chi connectivity index (χ2v) is 7.03. The predicted octanol–water partition coefficient (Wildman–Crippen LogP) is 1.95. The molecule has 0 saturated carbocycles. The van der Waals surface area contributed by atoms with E-state index in [-0.39, 0.29) is 24.1 Å². The number of aliphatic hydroxyl groups excluding tert-OH is 1. The molecule has 1 saturated heterocycles. The molecule has 1 aliphatic rings. The normalized spacial score (nSPS) is 22.7. The largest absolute Gasteiger partial charge is 0.394 e. The van der Waals surface area contributed by atoms with Crippen molar-refractivity contribution in [3.8, 4) is 0 Å². The zero-order valence-electron chi connectivity index (χ0n) is 11.8. The molecular formula is C15H20INO3. The predicted molar refractivity (Wildman–Crippen MR) is 86.0 cm³/mol. The van der Waals surface area contributed by atoms with Gasteiger partial charge in [0.05, 0.1) is 24.9 Å². The highest BCUT2D eigenvalue weighted by atomic mass is 127. The fourth-order valence-electron chi connectivity index (χ4n) is 2.56. The molecule has 1 unspecified atom stereocenters. The van der Waals surface area contributed by atoms with Crippen molar-refractivity contribution in [3.63, 3.8) is 0 Å². The molecule has 1 aliphatic heterocycles. The lowest BCUT2D eigenvalue weighted by Crippen LogP contribution is -2.54. The van der Waals surface area contributed by atoms with Crippen LogP contribution in [0.2, 0.25) is 0 Å². The summed E-state index contributed by atoms with van der Waals surface area (Å²) in [7, 11) is 0. The van der Waals surface area contributed by atoms with E-state index >= 15 is 0 Å². The molecule has 1 N–H and O–H groups in total. The molecule has 5 heteroatoms. The second kappa shape index (κ2) is 6.51. The Hall–Kier alpha value is -0.500. The Bertz CT molecular complexity index is 473. The number of carbonyl (C=O) groups is 1. The Morgan fingerprint density at radius 2 is 2.10 bits per heavy atom. The van der Waals surface area contributed by atoms with Gasteiger partial charge in [-0.1, -0.05) is 12.1 Å². The van der Waals surface area contributed by atoms with Gasteiger partial charge in [-0.2, -0.15) is 0 Å². The van der Waals surface area contributed by atoms with Crippen LogP contribution in [0.1, 0.15) is 24.2 Å². The fraction of sp³-hybridized carbons (Fsp3) is 0.533. The van der Waals surface area contributed by atoms with E-state index in [1.807, 2.05) is 38.1 Å². The average molecular weight is 389 g/mol. The molecule has 1 aromatic carbocycles. The first-order valence-corrected chi connectivity index (χ1v) is 7.77. The third kappa shape index (κ3) is 4.25. The maximum Gasteiger partial charge on any atom is 0.176 e. The van der Waals surface area contributed by atoms with Gasteiger partial charge in [0.15, 0.2) is 5.78 Å². The van der Waals surface area contributed by atoms with E-state index in [0.717, 1.165) is 9.13 Å². The van der Waals surface area contributed by atoms with Gasteiger partial charge >= 0.3 is 0 Å². The van der Waals surface area contributed by atoms with Gasteiger partial charge in [0.1, 0.15) is 0 Å². The number of halogens is 1. The fourth-order valence-corrected chi connectivity index (χ4v) is 2.92. The van der Waals surface area contributed by atoms with Crippen molar-refractivity contribution >= 4 is 28.4 Å². The molecular weight excluding hydrogens is 369 g/mol. The number of benzene rings is 1. The summed E-state index contributed by atoms with van der Waals surface area (Å²) in [5.41, 5.74) is 0.396. The summed E-state index contributed by atoms with van der Waals surface area (Å²) in [4.78, 5) is 14.3. The van der Waals surface area contributed by atoms with Crippen LogP contribution in [-0.2, 0) is 4.74 Å². The standard InChI is InChI=1S/C15H20INO3/c1-15(2)10-17(7-13(9-18)20-15)8-14(19)11-3-5-12(16)6-4-11/h3-6,13,18H,7-10H2,1-2H3. The summed E-state index contributed by atoms with van der Waals surface area (Å²) in [6, 6.07) is 7.60. The molecule has 0 amide bonds. The van der Waals surface area contributed by atoms with Crippen molar-refractivity contribution in [2.24, 2.45) is 0 Å². The Labute approximate surface area is 133 Å². The molecule has 0 bridgehead atoms. The van der Waals surface area contributed by atoms with E-state index in [9.17, 15) is 9.90 Å². The number of ether oxygens (including phenoxy) is 1. The number of rotatable bonds is 4. The van der Waals surface area contributed by atoms with Crippen LogP contribution in [0.3, 0.4) is 0 Å². The molecule has 1 fully saturated rings. The van der Waals surface area contributed by atoms with Crippen LogP contribution in [0.5, 0.6) is 0 Å². The SMILES string of the molecule is CC1(C)CN(CC(=O)c2ccc(I)cc2)CC(CO)O1. The van der Waals surface area contributed by atoms with Gasteiger partial charge < -0.3 is 9.84 Å². The van der Waals surface area contributed by atoms with Gasteiger partial charge in [0.2, 0.25) is 0 Å². The Kier molecular flexibility index (Phi) is 5.17. The van der Waals surface area contributed by atoms with Crippen LogP contribution in [0.25, 0.3) is 0 Å². The highest BCUT2D eigenvalue weighted by Crippen LogP contribution is 2.21. The minimum absolute atomic E-state index is 0.0162. The lowest BCUT2D eigenvalue weighted by atomic mass is 10.0. The van der Waals surface area contributed by atoms with Crippen LogP contribution in [-0.4, -0.2) is 53.7 Å². The lowest BCUT2D eigenvalue weighted by Gasteiger charge is -2.42. The summed E-state index contributed by atoms with van der Waals surface area (Å²) in [5.74, 6) is 0.107. The lowest BCUT2D eigenvalue weighted by molar-refractivity contribution is -0.146. The Balaban J connectivity index is 2.01. The highest BCUT2D eigenvalue weighted by molar-refractivity contribution is 14.1. The van der Waals surface area contributed by atoms with E-state index in [4.69, 9.17) is 4.74 Å². The number of hydrogen-bond acceptors (Lipinski definition) is 4. The van der Waals surface area contributed by atoms with E-state index in [1.165, 1.54) is 0 Å². The Morgan fingerprint density at radius 1 is 1.45 bits per heavy atom. The number of morpholine rings is 1.